The van der Waals surface area contributed by atoms with Crippen molar-refractivity contribution in [2.24, 2.45) is 0 Å². The first-order valence-corrected chi connectivity index (χ1v) is 16.8. The molecule has 0 N–H and O–H groups in total. The summed E-state index contributed by atoms with van der Waals surface area (Å²) < 4.78 is 9.04. The van der Waals surface area contributed by atoms with E-state index in [1.165, 1.54) is 21.8 Å². The van der Waals surface area contributed by atoms with Crippen LogP contribution in [0, 0.1) is 0 Å². The smallest absolute Gasteiger partial charge is 0.160 e. The monoisotopic (exact) mass is 639 g/mol. The average molecular weight is 640 g/mol. The van der Waals surface area contributed by atoms with Gasteiger partial charge in [-0.1, -0.05) is 140 Å². The zero-order chi connectivity index (χ0) is 33.0. The van der Waals surface area contributed by atoms with Crippen LogP contribution in [0.25, 0.3) is 94.5 Å². The summed E-state index contributed by atoms with van der Waals surface area (Å²) in [6.07, 6.45) is 0. The topological polar surface area (TPSA) is 43.9 Å². The first-order chi connectivity index (χ1) is 24.8. The molecule has 0 saturated heterocycles. The fourth-order valence-corrected chi connectivity index (χ4v) is 7.40. The molecule has 0 radical (unpaired) electrons. The maximum Gasteiger partial charge on any atom is 0.160 e. The number of nitrogens with zero attached hydrogens (tertiary/aromatic N) is 3. The molecule has 3 aromatic heterocycles. The molecule has 0 atom stereocenters. The van der Waals surface area contributed by atoms with Crippen LogP contribution < -0.4 is 0 Å². The second kappa shape index (κ2) is 11.4. The van der Waals surface area contributed by atoms with Gasteiger partial charge in [0.1, 0.15) is 11.2 Å². The number of hydrogen-bond donors (Lipinski definition) is 0. The van der Waals surface area contributed by atoms with Gasteiger partial charge < -0.3 is 8.98 Å². The maximum absolute atomic E-state index is 6.71. The van der Waals surface area contributed by atoms with Crippen molar-refractivity contribution in [3.8, 4) is 50.7 Å². The fraction of sp³-hybridized carbons (Fsp3) is 0. The molecule has 0 aliphatic heterocycles. The van der Waals surface area contributed by atoms with Gasteiger partial charge in [0.2, 0.25) is 0 Å². The number of aromatic nitrogens is 3. The van der Waals surface area contributed by atoms with Crippen LogP contribution in [0.3, 0.4) is 0 Å². The molecule has 0 unspecified atom stereocenters. The lowest BCUT2D eigenvalue weighted by Crippen LogP contribution is -2.01. The molecule has 0 fully saturated rings. The van der Waals surface area contributed by atoms with Crippen molar-refractivity contribution in [3.63, 3.8) is 0 Å². The Morgan fingerprint density at radius 2 is 0.960 bits per heavy atom. The number of para-hydroxylation sites is 2. The molecule has 7 aromatic carbocycles. The molecule has 4 heteroatoms. The Morgan fingerprint density at radius 3 is 1.56 bits per heavy atom. The van der Waals surface area contributed by atoms with Gasteiger partial charge in [-0.15, -0.1) is 0 Å². The van der Waals surface area contributed by atoms with Crippen molar-refractivity contribution in [3.05, 3.63) is 176 Å². The van der Waals surface area contributed by atoms with Crippen molar-refractivity contribution in [1.29, 1.82) is 0 Å². The average Bonchev–Trinajstić information content (AvgIpc) is 3.74. The van der Waals surface area contributed by atoms with Gasteiger partial charge in [0.15, 0.2) is 5.82 Å². The quantitative estimate of drug-likeness (QED) is 0.188. The molecular weight excluding hydrogens is 611 g/mol. The first-order valence-electron chi connectivity index (χ1n) is 16.8. The Hall–Kier alpha value is -6.78. The van der Waals surface area contributed by atoms with Gasteiger partial charge in [-0.2, -0.15) is 0 Å². The highest BCUT2D eigenvalue weighted by atomic mass is 16.3. The van der Waals surface area contributed by atoms with Gasteiger partial charge in [-0.05, 0) is 35.9 Å². The van der Waals surface area contributed by atoms with E-state index in [9.17, 15) is 0 Å². The molecule has 0 aliphatic rings. The highest BCUT2D eigenvalue weighted by Gasteiger charge is 2.24. The van der Waals surface area contributed by atoms with Crippen LogP contribution in [-0.2, 0) is 0 Å². The summed E-state index contributed by atoms with van der Waals surface area (Å²) in [6.45, 7) is 0. The van der Waals surface area contributed by atoms with Crippen LogP contribution in [0.4, 0.5) is 0 Å². The minimum absolute atomic E-state index is 0.687. The van der Waals surface area contributed by atoms with E-state index in [0.717, 1.165) is 66.8 Å². The van der Waals surface area contributed by atoms with Crippen LogP contribution in [0.5, 0.6) is 0 Å². The minimum atomic E-state index is 0.687. The third-order valence-electron chi connectivity index (χ3n) is 9.62. The predicted molar refractivity (Wildman–Crippen MR) is 205 cm³/mol. The third kappa shape index (κ3) is 4.46. The zero-order valence-corrected chi connectivity index (χ0v) is 27.0. The van der Waals surface area contributed by atoms with Gasteiger partial charge in [0.25, 0.3) is 0 Å². The van der Waals surface area contributed by atoms with Crippen molar-refractivity contribution in [2.75, 3.05) is 0 Å². The van der Waals surface area contributed by atoms with Gasteiger partial charge in [0, 0.05) is 55.6 Å². The number of rotatable bonds is 5. The van der Waals surface area contributed by atoms with E-state index in [1.807, 2.05) is 30.3 Å². The SMILES string of the molecule is c1ccc(-c2nc(-c3ccccc3)c(-c3cccc4oc5cc(-n6c7ccccc7c7ccccc76)ccc5c34)c(-c3ccccc3)n2)cc1. The molecule has 4 nitrogen and oxygen atoms in total. The summed E-state index contributed by atoms with van der Waals surface area (Å²) in [6, 6.07) is 61.1. The largest absolute Gasteiger partial charge is 0.456 e. The number of fused-ring (bicyclic) bond motifs is 6. The Morgan fingerprint density at radius 1 is 0.420 bits per heavy atom. The molecular formula is C46H29N3O. The fourth-order valence-electron chi connectivity index (χ4n) is 7.40. The minimum Gasteiger partial charge on any atom is -0.456 e. The van der Waals surface area contributed by atoms with E-state index in [1.54, 1.807) is 0 Å². The molecule has 0 saturated carbocycles. The number of hydrogen-bond acceptors (Lipinski definition) is 3. The van der Waals surface area contributed by atoms with E-state index in [4.69, 9.17) is 14.4 Å². The first kappa shape index (κ1) is 28.3. The van der Waals surface area contributed by atoms with E-state index in [-0.39, 0.29) is 0 Å². The van der Waals surface area contributed by atoms with E-state index < -0.39 is 0 Å². The van der Waals surface area contributed by atoms with Gasteiger partial charge in [-0.3, -0.25) is 0 Å². The second-order valence-corrected chi connectivity index (χ2v) is 12.5. The van der Waals surface area contributed by atoms with Crippen molar-refractivity contribution >= 4 is 43.7 Å². The Bertz CT molecular complexity index is 2740. The summed E-state index contributed by atoms with van der Waals surface area (Å²) in [5.41, 5.74) is 11.8. The van der Waals surface area contributed by atoms with Crippen LogP contribution in [-0.4, -0.2) is 14.5 Å². The Balaban J connectivity index is 1.26. The molecule has 0 bridgehead atoms. The summed E-state index contributed by atoms with van der Waals surface area (Å²) >= 11 is 0. The summed E-state index contributed by atoms with van der Waals surface area (Å²) in [4.78, 5) is 10.6. The summed E-state index contributed by atoms with van der Waals surface area (Å²) in [5.74, 6) is 0.687. The Kier molecular flexibility index (Phi) is 6.46. The summed E-state index contributed by atoms with van der Waals surface area (Å²) in [5, 5.41) is 4.55. The number of furan rings is 1. The van der Waals surface area contributed by atoms with Crippen molar-refractivity contribution in [1.82, 2.24) is 14.5 Å². The lowest BCUT2D eigenvalue weighted by molar-refractivity contribution is 0.668. The molecule has 234 valence electrons. The molecule has 10 aromatic rings. The summed E-state index contributed by atoms with van der Waals surface area (Å²) in [7, 11) is 0. The van der Waals surface area contributed by atoms with Crippen LogP contribution in [0.15, 0.2) is 180 Å². The van der Waals surface area contributed by atoms with Crippen LogP contribution in [0.1, 0.15) is 0 Å². The molecule has 50 heavy (non-hydrogen) atoms. The maximum atomic E-state index is 6.71. The highest BCUT2D eigenvalue weighted by molar-refractivity contribution is 6.16. The molecule has 0 amide bonds. The second-order valence-electron chi connectivity index (χ2n) is 12.5. The van der Waals surface area contributed by atoms with Crippen LogP contribution >= 0.6 is 0 Å². The van der Waals surface area contributed by atoms with E-state index >= 15 is 0 Å². The van der Waals surface area contributed by atoms with E-state index in [2.05, 4.69) is 150 Å². The van der Waals surface area contributed by atoms with Gasteiger partial charge >= 0.3 is 0 Å². The van der Waals surface area contributed by atoms with Crippen molar-refractivity contribution < 1.29 is 4.42 Å². The lowest BCUT2D eigenvalue weighted by Gasteiger charge is -2.17. The molecule has 3 heterocycles. The van der Waals surface area contributed by atoms with Gasteiger partial charge in [-0.25, -0.2) is 9.97 Å². The van der Waals surface area contributed by atoms with Crippen LogP contribution in [0.2, 0.25) is 0 Å². The molecule has 10 rings (SSSR count). The standard InChI is InChI=1S/C46H29N3O/c1-4-15-30(16-5-1)44-43(45(31-17-6-2-7-18-31)48-46(47-44)32-19-8-3-9-20-32)37-23-14-26-40-42(37)36-28-27-33(29-41(36)50-40)49-38-24-12-10-21-34(38)35-22-11-13-25-39(35)49/h1-29H. The normalized spacial score (nSPS) is 11.6. The van der Waals surface area contributed by atoms with Gasteiger partial charge in [0.05, 0.1) is 22.4 Å². The lowest BCUT2D eigenvalue weighted by atomic mass is 9.91. The molecule has 0 spiro atoms. The zero-order valence-electron chi connectivity index (χ0n) is 27.0. The predicted octanol–water partition coefficient (Wildman–Crippen LogP) is 12.1. The van der Waals surface area contributed by atoms with Crippen molar-refractivity contribution in [2.45, 2.75) is 0 Å². The number of benzene rings is 7. The van der Waals surface area contributed by atoms with E-state index in [0.29, 0.717) is 5.82 Å². The highest BCUT2D eigenvalue weighted by Crippen LogP contribution is 2.45. The third-order valence-corrected chi connectivity index (χ3v) is 9.62. The molecule has 0 aliphatic carbocycles. The Labute approximate surface area is 288 Å².